The van der Waals surface area contributed by atoms with Gasteiger partial charge in [-0.05, 0) is 61.0 Å². The molecule has 0 saturated heterocycles. The second-order valence-corrected chi connectivity index (χ2v) is 13.2. The number of carbonyl (C=O) groups excluding carboxylic acids is 1. The van der Waals surface area contributed by atoms with Crippen molar-refractivity contribution in [3.05, 3.63) is 113 Å². The number of anilines is 1. The number of benzene rings is 3. The second kappa shape index (κ2) is 12.3. The molecule has 9 nitrogen and oxygen atoms in total. The molecular weight excluding hydrogens is 606 g/mol. The number of hydrogen-bond donors (Lipinski definition) is 3. The molecule has 0 fully saturated rings. The van der Waals surface area contributed by atoms with Crippen LogP contribution in [0.5, 0.6) is 5.75 Å². The maximum atomic E-state index is 13.2. The van der Waals surface area contributed by atoms with Gasteiger partial charge in [0, 0.05) is 39.6 Å². The van der Waals surface area contributed by atoms with Gasteiger partial charge in [0.05, 0.1) is 16.4 Å². The number of nitrogens with zero attached hydrogens (tertiary/aromatic N) is 5. The average molecular weight is 638 g/mol. The summed E-state index contributed by atoms with van der Waals surface area (Å²) in [5, 5.41) is 29.6. The monoisotopic (exact) mass is 637 g/mol. The van der Waals surface area contributed by atoms with E-state index < -0.39 is 0 Å². The zero-order valence-electron chi connectivity index (χ0n) is 25.2. The fourth-order valence-electron chi connectivity index (χ4n) is 4.73. The van der Waals surface area contributed by atoms with Crippen LogP contribution in [0.3, 0.4) is 0 Å². The third-order valence-electron chi connectivity index (χ3n) is 7.21. The predicted octanol–water partition coefficient (Wildman–Crippen LogP) is 8.02. The van der Waals surface area contributed by atoms with Crippen molar-refractivity contribution < 1.29 is 9.90 Å². The first kappa shape index (κ1) is 30.2. The van der Waals surface area contributed by atoms with Gasteiger partial charge < -0.3 is 10.4 Å². The van der Waals surface area contributed by atoms with Gasteiger partial charge in [0.15, 0.2) is 11.5 Å². The molecule has 3 N–H and O–H groups in total. The van der Waals surface area contributed by atoms with Crippen LogP contribution in [0.25, 0.3) is 22.7 Å². The molecule has 3 aromatic heterocycles. The van der Waals surface area contributed by atoms with Crippen LogP contribution in [0.15, 0.2) is 101 Å². The highest BCUT2D eigenvalue weighted by molar-refractivity contribution is 7.99. The number of urea groups is 1. The van der Waals surface area contributed by atoms with Gasteiger partial charge in [-0.25, -0.2) is 9.48 Å². The van der Waals surface area contributed by atoms with Crippen molar-refractivity contribution in [2.75, 3.05) is 5.32 Å². The third-order valence-corrected chi connectivity index (χ3v) is 8.61. The van der Waals surface area contributed by atoms with E-state index >= 15 is 0 Å². The minimum absolute atomic E-state index is 0.0827. The lowest BCUT2D eigenvalue weighted by Gasteiger charge is -2.14. The molecule has 6 rings (SSSR count). The number of aromatic hydroxyl groups is 1. The van der Waals surface area contributed by atoms with E-state index in [1.54, 1.807) is 28.6 Å². The van der Waals surface area contributed by atoms with E-state index in [1.807, 2.05) is 84.3 Å². The molecule has 0 atom stereocenters. The van der Waals surface area contributed by atoms with Crippen LogP contribution >= 0.6 is 23.4 Å². The fraction of sp³-hybridized carbons (Fsp3) is 0.176. The Morgan fingerprint density at radius 1 is 0.978 bits per heavy atom. The minimum atomic E-state index is -0.329. The quantitative estimate of drug-likeness (QED) is 0.164. The number of rotatable bonds is 7. The van der Waals surface area contributed by atoms with Crippen LogP contribution in [0, 0.1) is 6.92 Å². The van der Waals surface area contributed by atoms with Crippen molar-refractivity contribution in [2.45, 2.75) is 49.4 Å². The van der Waals surface area contributed by atoms with Crippen LogP contribution in [0.4, 0.5) is 10.6 Å². The maximum Gasteiger partial charge on any atom is 0.320 e. The molecular formula is C34H32ClN7O2S. The van der Waals surface area contributed by atoms with Crippen molar-refractivity contribution in [2.24, 2.45) is 0 Å². The van der Waals surface area contributed by atoms with Crippen molar-refractivity contribution >= 4 is 40.9 Å². The smallest absolute Gasteiger partial charge is 0.320 e. The first-order valence-corrected chi connectivity index (χ1v) is 15.6. The van der Waals surface area contributed by atoms with E-state index in [4.69, 9.17) is 16.7 Å². The SMILES string of the molecule is Cc1ccc(-n2nc(C(C)(C)C)cc2NC(=O)NCc2ccccc2Sc2ccc3nnc(-c4ccc(O)cc4Cl)n3c2)cc1. The lowest BCUT2D eigenvalue weighted by molar-refractivity contribution is 0.251. The lowest BCUT2D eigenvalue weighted by atomic mass is 9.92. The number of hydrogen-bond acceptors (Lipinski definition) is 6. The number of phenolic OH excluding ortho intramolecular Hbond substituents is 1. The fourth-order valence-corrected chi connectivity index (χ4v) is 5.96. The van der Waals surface area contributed by atoms with Gasteiger partial charge in [-0.15, -0.1) is 10.2 Å². The van der Waals surface area contributed by atoms with Crippen molar-refractivity contribution in [1.29, 1.82) is 0 Å². The Balaban J connectivity index is 1.19. The van der Waals surface area contributed by atoms with Crippen LogP contribution in [0.1, 0.15) is 37.6 Å². The molecule has 6 aromatic rings. The van der Waals surface area contributed by atoms with Crippen LogP contribution < -0.4 is 10.6 Å². The number of aromatic nitrogens is 5. The Morgan fingerprint density at radius 2 is 1.76 bits per heavy atom. The summed E-state index contributed by atoms with van der Waals surface area (Å²) in [5.41, 5.74) is 5.00. The average Bonchev–Trinajstić information content (AvgIpc) is 3.62. The Hall–Kier alpha value is -4.80. The number of nitrogens with one attached hydrogen (secondary N) is 2. The number of carbonyl (C=O) groups is 1. The first-order valence-electron chi connectivity index (χ1n) is 14.4. The Labute approximate surface area is 270 Å². The Morgan fingerprint density at radius 3 is 2.51 bits per heavy atom. The van der Waals surface area contributed by atoms with E-state index in [0.717, 1.165) is 32.3 Å². The van der Waals surface area contributed by atoms with Crippen molar-refractivity contribution in [3.8, 4) is 22.8 Å². The molecule has 0 unspecified atom stereocenters. The Bertz CT molecular complexity index is 2010. The summed E-state index contributed by atoms with van der Waals surface area (Å²) in [7, 11) is 0. The highest BCUT2D eigenvalue weighted by Gasteiger charge is 2.22. The summed E-state index contributed by atoms with van der Waals surface area (Å²) in [6, 6.07) is 26.2. The summed E-state index contributed by atoms with van der Waals surface area (Å²) < 4.78 is 3.64. The topological polar surface area (TPSA) is 109 Å². The second-order valence-electron chi connectivity index (χ2n) is 11.7. The maximum absolute atomic E-state index is 13.2. The number of fused-ring (bicyclic) bond motifs is 1. The minimum Gasteiger partial charge on any atom is -0.508 e. The molecule has 0 radical (unpaired) electrons. The standard InChI is InChI=1S/C34H32ClN7O2S/c1-21-9-11-23(12-10-21)42-31(18-29(40-42)34(2,3)4)37-33(44)36-19-22-7-5-6-8-28(22)45-25-14-16-30-38-39-32(41(30)20-25)26-15-13-24(43)17-27(26)35/h5-18,20,43H,19H2,1-4H3,(H2,36,37,44). The number of phenols is 1. The summed E-state index contributed by atoms with van der Waals surface area (Å²) >= 11 is 7.97. The molecule has 0 spiro atoms. The van der Waals surface area contributed by atoms with E-state index in [0.29, 0.717) is 34.4 Å². The molecule has 228 valence electrons. The van der Waals surface area contributed by atoms with E-state index in [1.165, 1.54) is 6.07 Å². The summed E-state index contributed by atoms with van der Waals surface area (Å²) in [4.78, 5) is 15.1. The summed E-state index contributed by atoms with van der Waals surface area (Å²) in [6.07, 6.45) is 1.95. The van der Waals surface area contributed by atoms with Crippen LogP contribution in [0.2, 0.25) is 5.02 Å². The highest BCUT2D eigenvalue weighted by atomic mass is 35.5. The number of aryl methyl sites for hydroxylation is 1. The van der Waals surface area contributed by atoms with Gasteiger partial charge in [-0.3, -0.25) is 9.72 Å². The number of amides is 2. The summed E-state index contributed by atoms with van der Waals surface area (Å²) in [6.45, 7) is 8.64. The molecule has 11 heteroatoms. The normalized spacial score (nSPS) is 11.6. The molecule has 45 heavy (non-hydrogen) atoms. The lowest BCUT2D eigenvalue weighted by Crippen LogP contribution is -2.29. The van der Waals surface area contributed by atoms with E-state index in [9.17, 15) is 9.90 Å². The zero-order valence-corrected chi connectivity index (χ0v) is 26.8. The molecule has 0 aliphatic heterocycles. The molecule has 0 aliphatic carbocycles. The molecule has 0 aliphatic rings. The summed E-state index contributed by atoms with van der Waals surface area (Å²) in [5.74, 6) is 1.25. The molecule has 2 amide bonds. The van der Waals surface area contributed by atoms with Crippen LogP contribution in [-0.2, 0) is 12.0 Å². The van der Waals surface area contributed by atoms with Gasteiger partial charge in [0.2, 0.25) is 0 Å². The van der Waals surface area contributed by atoms with E-state index in [-0.39, 0.29) is 17.2 Å². The third kappa shape index (κ3) is 6.67. The number of pyridine rings is 1. The largest absolute Gasteiger partial charge is 0.508 e. The van der Waals surface area contributed by atoms with Gasteiger partial charge in [-0.2, -0.15) is 5.10 Å². The highest BCUT2D eigenvalue weighted by Crippen LogP contribution is 2.34. The molecule has 3 aromatic carbocycles. The predicted molar refractivity (Wildman–Crippen MR) is 179 cm³/mol. The van der Waals surface area contributed by atoms with Crippen molar-refractivity contribution in [3.63, 3.8) is 0 Å². The van der Waals surface area contributed by atoms with Crippen molar-refractivity contribution in [1.82, 2.24) is 29.7 Å². The van der Waals surface area contributed by atoms with Gasteiger partial charge in [0.1, 0.15) is 11.6 Å². The van der Waals surface area contributed by atoms with Gasteiger partial charge in [-0.1, -0.05) is 80.0 Å². The van der Waals surface area contributed by atoms with Gasteiger partial charge in [0.25, 0.3) is 0 Å². The number of halogens is 1. The molecule has 0 bridgehead atoms. The van der Waals surface area contributed by atoms with Gasteiger partial charge >= 0.3 is 6.03 Å². The Kier molecular flexibility index (Phi) is 8.26. The molecule has 0 saturated carbocycles. The van der Waals surface area contributed by atoms with Crippen LogP contribution in [-0.4, -0.2) is 35.5 Å². The molecule has 3 heterocycles. The zero-order chi connectivity index (χ0) is 31.7. The van der Waals surface area contributed by atoms with E-state index in [2.05, 4.69) is 41.6 Å². The first-order chi connectivity index (χ1) is 21.5.